The molecule has 0 unspecified atom stereocenters. The number of carbonyl (C=O) groups excluding carboxylic acids is 4. The summed E-state index contributed by atoms with van der Waals surface area (Å²) in [4.78, 5) is 63.8. The van der Waals surface area contributed by atoms with Crippen LogP contribution < -0.4 is 21.7 Å². The number of aromatic nitrogens is 5. The number of aromatic amines is 1. The van der Waals surface area contributed by atoms with E-state index in [0.717, 1.165) is 44.5 Å². The second-order valence-corrected chi connectivity index (χ2v) is 15.5. The van der Waals surface area contributed by atoms with E-state index in [1.165, 1.54) is 4.68 Å². The highest BCUT2D eigenvalue weighted by Crippen LogP contribution is 2.42. The molecule has 0 saturated heterocycles. The molecular weight excluding hydrogens is 851 g/mol. The van der Waals surface area contributed by atoms with Crippen LogP contribution in [0.5, 0.6) is 5.75 Å². The van der Waals surface area contributed by atoms with E-state index in [9.17, 15) is 29.4 Å². The van der Waals surface area contributed by atoms with E-state index in [1.54, 1.807) is 72.0 Å². The summed E-state index contributed by atoms with van der Waals surface area (Å²) >= 11 is 13.1. The van der Waals surface area contributed by atoms with Gasteiger partial charge in [-0.15, -0.1) is 0 Å². The lowest BCUT2D eigenvalue weighted by atomic mass is 9.92. The highest BCUT2D eigenvalue weighted by Gasteiger charge is 2.28. The zero-order valence-electron chi connectivity index (χ0n) is 34.3. The number of hydrogen-bond donors (Lipinski definition) is 7. The fraction of sp³-hybridized carbons (Fsp3) is 0.295. The molecule has 8 N–H and O–H groups in total. The number of benzene rings is 2. The number of halogens is 2. The van der Waals surface area contributed by atoms with Crippen LogP contribution in [0.4, 0.5) is 5.82 Å². The summed E-state index contributed by atoms with van der Waals surface area (Å²) in [6, 6.07) is 13.7. The van der Waals surface area contributed by atoms with Crippen LogP contribution in [-0.2, 0) is 45.1 Å². The van der Waals surface area contributed by atoms with Crippen LogP contribution >= 0.6 is 23.2 Å². The van der Waals surface area contributed by atoms with Crippen molar-refractivity contribution in [2.75, 3.05) is 51.7 Å². The van der Waals surface area contributed by atoms with Crippen LogP contribution in [0, 0.1) is 0 Å². The average molecular weight is 898 g/mol. The second-order valence-electron chi connectivity index (χ2n) is 14.7. The first-order chi connectivity index (χ1) is 30.4. The maximum Gasteiger partial charge on any atom is 0.269 e. The zero-order valence-corrected chi connectivity index (χ0v) is 35.9. The SMILES string of the molecule is CCc1c(-c2ccc(C(=O)NCCC(=O)NCCOCCNC(=O)Cn3ccc(-c4cc(Cl)c(Cl)c5[nH]c6c(c45)CN(C(=O)CO)CC6)n3)nc2)cnc(N)c1-c1ccc(O)cc1. The van der Waals surface area contributed by atoms with Gasteiger partial charge in [0.2, 0.25) is 17.7 Å². The van der Waals surface area contributed by atoms with Crippen LogP contribution in [-0.4, -0.2) is 109 Å². The topological polar surface area (TPSA) is 243 Å². The number of rotatable bonds is 17. The number of nitrogen functional groups attached to an aromatic ring is 1. The predicted octanol–water partition coefficient (Wildman–Crippen LogP) is 4.26. The van der Waals surface area contributed by atoms with Crippen molar-refractivity contribution < 1.29 is 34.1 Å². The number of fused-ring (bicyclic) bond motifs is 3. The highest BCUT2D eigenvalue weighted by molar-refractivity contribution is 6.45. The molecule has 0 aliphatic carbocycles. The summed E-state index contributed by atoms with van der Waals surface area (Å²) < 4.78 is 7.06. The molecule has 0 saturated carbocycles. The van der Waals surface area contributed by atoms with E-state index in [-0.39, 0.29) is 75.0 Å². The van der Waals surface area contributed by atoms with Gasteiger partial charge in [-0.05, 0) is 47.9 Å². The van der Waals surface area contributed by atoms with Crippen molar-refractivity contribution in [2.24, 2.45) is 0 Å². The maximum absolute atomic E-state index is 12.8. The Bertz CT molecular complexity index is 2650. The number of ether oxygens (including phenoxy) is 1. The molecule has 4 aromatic heterocycles. The molecular formula is C44H46Cl2N10O7. The number of hydrogen-bond acceptors (Lipinski definition) is 11. The van der Waals surface area contributed by atoms with Gasteiger partial charge in [-0.1, -0.05) is 48.3 Å². The molecule has 1 aliphatic rings. The minimum Gasteiger partial charge on any atom is -0.508 e. The average Bonchev–Trinajstić information content (AvgIpc) is 3.92. The van der Waals surface area contributed by atoms with Gasteiger partial charge in [-0.25, -0.2) is 4.98 Å². The Labute approximate surface area is 371 Å². The number of amides is 4. The van der Waals surface area contributed by atoms with Crippen LogP contribution in [0.15, 0.2) is 67.1 Å². The van der Waals surface area contributed by atoms with Gasteiger partial charge in [-0.3, -0.25) is 28.8 Å². The molecule has 17 nitrogen and oxygen atoms in total. The van der Waals surface area contributed by atoms with Crippen LogP contribution in [0.25, 0.3) is 44.4 Å². The molecule has 0 spiro atoms. The molecule has 328 valence electrons. The molecule has 63 heavy (non-hydrogen) atoms. The molecule has 6 aromatic rings. The van der Waals surface area contributed by atoms with Crippen molar-refractivity contribution in [3.63, 3.8) is 0 Å². The third-order valence-electron chi connectivity index (χ3n) is 10.7. The van der Waals surface area contributed by atoms with E-state index in [4.69, 9.17) is 33.7 Å². The molecule has 0 atom stereocenters. The number of nitrogens with zero attached hydrogens (tertiary/aromatic N) is 5. The normalized spacial score (nSPS) is 12.3. The number of anilines is 1. The second kappa shape index (κ2) is 20.1. The van der Waals surface area contributed by atoms with Gasteiger partial charge in [0.25, 0.3) is 5.91 Å². The molecule has 0 bridgehead atoms. The fourth-order valence-corrected chi connectivity index (χ4v) is 7.97. The highest BCUT2D eigenvalue weighted by atomic mass is 35.5. The van der Waals surface area contributed by atoms with Crippen molar-refractivity contribution >= 4 is 63.6 Å². The number of H-pyrrole nitrogens is 1. The van der Waals surface area contributed by atoms with E-state index in [0.29, 0.717) is 58.6 Å². The number of nitrogens with one attached hydrogen (secondary N) is 4. The number of carbonyl (C=O) groups is 4. The molecule has 19 heteroatoms. The number of nitrogens with two attached hydrogens (primary N) is 1. The maximum atomic E-state index is 12.8. The molecule has 7 rings (SSSR count). The first kappa shape index (κ1) is 44.5. The van der Waals surface area contributed by atoms with E-state index >= 15 is 0 Å². The summed E-state index contributed by atoms with van der Waals surface area (Å²) in [7, 11) is 0. The number of aliphatic hydroxyl groups is 1. The van der Waals surface area contributed by atoms with Crippen molar-refractivity contribution in [3.8, 4) is 39.3 Å². The molecule has 0 radical (unpaired) electrons. The fourth-order valence-electron chi connectivity index (χ4n) is 7.57. The Morgan fingerprint density at radius 1 is 0.921 bits per heavy atom. The lowest BCUT2D eigenvalue weighted by Crippen LogP contribution is -2.37. The smallest absolute Gasteiger partial charge is 0.269 e. The van der Waals surface area contributed by atoms with Crippen molar-refractivity contribution in [1.29, 1.82) is 0 Å². The number of pyridine rings is 2. The van der Waals surface area contributed by atoms with Crippen molar-refractivity contribution in [2.45, 2.75) is 39.3 Å². The van der Waals surface area contributed by atoms with E-state index in [1.807, 2.05) is 6.92 Å². The van der Waals surface area contributed by atoms with E-state index in [2.05, 4.69) is 36.0 Å². The molecule has 0 fully saturated rings. The Kier molecular flexibility index (Phi) is 14.2. The number of aromatic hydroxyl groups is 1. The summed E-state index contributed by atoms with van der Waals surface area (Å²) in [6.07, 6.45) is 6.25. The predicted molar refractivity (Wildman–Crippen MR) is 238 cm³/mol. The number of phenols is 1. The molecule has 5 heterocycles. The van der Waals surface area contributed by atoms with Crippen LogP contribution in [0.1, 0.15) is 40.7 Å². The quantitative estimate of drug-likeness (QED) is 0.0638. The van der Waals surface area contributed by atoms with Gasteiger partial charge in [-0.2, -0.15) is 5.10 Å². The molecule has 4 amide bonds. The summed E-state index contributed by atoms with van der Waals surface area (Å²) in [6.45, 7) is 3.19. The minimum absolute atomic E-state index is 0.0482. The van der Waals surface area contributed by atoms with Gasteiger partial charge in [0.1, 0.15) is 30.4 Å². The first-order valence-corrected chi connectivity index (χ1v) is 21.1. The van der Waals surface area contributed by atoms with Crippen molar-refractivity contribution in [1.82, 2.24) is 45.6 Å². The van der Waals surface area contributed by atoms with Gasteiger partial charge in [0.05, 0.1) is 34.5 Å². The first-order valence-electron chi connectivity index (χ1n) is 20.3. The Balaban J connectivity index is 0.805. The van der Waals surface area contributed by atoms with Crippen molar-refractivity contribution in [3.05, 3.63) is 99.7 Å². The van der Waals surface area contributed by atoms with Gasteiger partial charge >= 0.3 is 0 Å². The van der Waals surface area contributed by atoms with Crippen LogP contribution in [0.3, 0.4) is 0 Å². The largest absolute Gasteiger partial charge is 0.508 e. The Morgan fingerprint density at radius 3 is 2.38 bits per heavy atom. The lowest BCUT2D eigenvalue weighted by Gasteiger charge is -2.26. The van der Waals surface area contributed by atoms with Crippen LogP contribution in [0.2, 0.25) is 10.0 Å². The lowest BCUT2D eigenvalue weighted by molar-refractivity contribution is -0.135. The van der Waals surface area contributed by atoms with Gasteiger partial charge < -0.3 is 46.5 Å². The Morgan fingerprint density at radius 2 is 1.67 bits per heavy atom. The molecule has 2 aromatic carbocycles. The molecule has 1 aliphatic heterocycles. The Hall–Kier alpha value is -6.53. The summed E-state index contributed by atoms with van der Waals surface area (Å²) in [5.74, 6) is -0.801. The standard InChI is InChI=1S/C44H46Cl2N10O7/c1-2-28-30(21-52-43(47)39(28)25-3-6-27(58)7-4-25)26-5-8-35(51-20-26)44(62)50-12-9-36(59)48-13-17-63-18-14-49-37(60)23-56-16-11-34(54-56)29-19-32(45)41(46)42-40(29)31-22-55(38(61)24-57)15-10-33(31)53-42/h3-8,11,16,19-21,53,57-58H,2,9-10,12-15,17-18,22-24H2,1H3,(H2,47,52)(H,48,59)(H,49,60)(H,50,62). The number of phenolic OH excluding ortho intramolecular Hbond substituents is 1. The number of aliphatic hydroxyl groups excluding tert-OH is 1. The van der Waals surface area contributed by atoms with Gasteiger partial charge in [0, 0.05) is 103 Å². The summed E-state index contributed by atoms with van der Waals surface area (Å²) in [5, 5.41) is 33.5. The third kappa shape index (κ3) is 10.2. The zero-order chi connectivity index (χ0) is 44.6. The van der Waals surface area contributed by atoms with Gasteiger partial charge in [0.15, 0.2) is 0 Å². The summed E-state index contributed by atoms with van der Waals surface area (Å²) in [5.41, 5.74) is 14.3. The third-order valence-corrected chi connectivity index (χ3v) is 11.4. The van der Waals surface area contributed by atoms with E-state index < -0.39 is 12.5 Å². The monoisotopic (exact) mass is 896 g/mol. The minimum atomic E-state index is -0.575.